The van der Waals surface area contributed by atoms with E-state index in [1.54, 1.807) is 6.07 Å². The number of carbonyl (C=O) groups excluding carboxylic acids is 1. The molecule has 4 aliphatic rings. The van der Waals surface area contributed by atoms with Crippen molar-refractivity contribution in [2.24, 2.45) is 0 Å². The first kappa shape index (κ1) is 24.0. The van der Waals surface area contributed by atoms with Gasteiger partial charge in [-0.2, -0.15) is 5.26 Å². The minimum atomic E-state index is -0.806. The maximum absolute atomic E-state index is 15.0. The largest absolute Gasteiger partial charge is 0.470 e. The van der Waals surface area contributed by atoms with Crippen LogP contribution in [0.3, 0.4) is 0 Å². The summed E-state index contributed by atoms with van der Waals surface area (Å²) in [6, 6.07) is 13.7. The molecule has 198 valence electrons. The number of nitrogens with one attached hydrogen (secondary N) is 2. The smallest absolute Gasteiger partial charge is 0.228 e. The number of Topliss-reactive ketones (excluding diaryl/α,β-unsaturated/α-hetero) is 1. The molecule has 3 fully saturated rings. The number of carbonyl (C=O) groups is 1. The van der Waals surface area contributed by atoms with E-state index in [2.05, 4.69) is 43.5 Å². The summed E-state index contributed by atoms with van der Waals surface area (Å²) in [5.74, 6) is 0.410. The summed E-state index contributed by atoms with van der Waals surface area (Å²) in [5.41, 5.74) is 3.04. The van der Waals surface area contributed by atoms with Crippen molar-refractivity contribution in [3.8, 4) is 23.1 Å². The normalized spacial score (nSPS) is 22.9. The van der Waals surface area contributed by atoms with Crippen LogP contribution in [0.4, 0.5) is 21.7 Å². The zero-order valence-electron chi connectivity index (χ0n) is 21.6. The summed E-state index contributed by atoms with van der Waals surface area (Å²) in [6.45, 7) is 4.29. The fraction of sp³-hybridized carbons (Fsp3) is 0.379. The number of piperazine rings is 1. The molecule has 0 amide bonds. The van der Waals surface area contributed by atoms with Crippen molar-refractivity contribution in [1.82, 2.24) is 20.2 Å². The van der Waals surface area contributed by atoms with Crippen LogP contribution in [0.15, 0.2) is 42.6 Å². The van der Waals surface area contributed by atoms with Crippen molar-refractivity contribution in [1.29, 1.82) is 5.26 Å². The second kappa shape index (κ2) is 8.73. The van der Waals surface area contributed by atoms with Crippen LogP contribution in [0.1, 0.15) is 30.4 Å². The van der Waals surface area contributed by atoms with Gasteiger partial charge in [0.2, 0.25) is 5.95 Å². The van der Waals surface area contributed by atoms with E-state index < -0.39 is 17.0 Å². The molecule has 7 rings (SSSR count). The molecule has 1 spiro atoms. The molecule has 39 heavy (non-hydrogen) atoms. The first-order chi connectivity index (χ1) is 18.9. The van der Waals surface area contributed by atoms with E-state index in [0.717, 1.165) is 49.2 Å². The molecule has 2 saturated carbocycles. The summed E-state index contributed by atoms with van der Waals surface area (Å²) in [6.07, 6.45) is 3.02. The molecule has 2 aromatic carbocycles. The fourth-order valence-electron chi connectivity index (χ4n) is 5.53. The summed E-state index contributed by atoms with van der Waals surface area (Å²) in [4.78, 5) is 25.3. The van der Waals surface area contributed by atoms with E-state index in [-0.39, 0.29) is 17.4 Å². The van der Waals surface area contributed by atoms with Crippen LogP contribution in [0.5, 0.6) is 5.75 Å². The number of nitrogens with zero attached hydrogens (tertiary/aromatic N) is 5. The number of likely N-dealkylation sites (N-methyl/N-ethyl adjacent to an activating group) is 1. The molecule has 1 unspecified atom stereocenters. The van der Waals surface area contributed by atoms with Crippen molar-refractivity contribution < 1.29 is 13.9 Å². The molecule has 2 aliphatic carbocycles. The highest BCUT2D eigenvalue weighted by Gasteiger charge is 2.58. The zero-order valence-corrected chi connectivity index (χ0v) is 21.6. The van der Waals surface area contributed by atoms with Gasteiger partial charge in [0, 0.05) is 63.2 Å². The quantitative estimate of drug-likeness (QED) is 0.500. The van der Waals surface area contributed by atoms with Gasteiger partial charge in [-0.3, -0.25) is 10.1 Å². The number of fused-ring (bicyclic) bond motifs is 2. The standard InChI is InChI=1S/C29H28FN7O2/c1-36-8-10-37(11-9-36)20-3-5-24(39-28(17-31)6-7-28)23(13-20)34-27-32-16-22(30)26(35-27)18-2-4-21-19(12-18)15-33-29(21)14-25(29)38/h2-5,12-13,16,33H,6-11,14-15H2,1H3,(H,32,34,35). The van der Waals surface area contributed by atoms with Gasteiger partial charge in [-0.1, -0.05) is 12.1 Å². The van der Waals surface area contributed by atoms with E-state index in [0.29, 0.717) is 42.8 Å². The Morgan fingerprint density at radius 3 is 2.67 bits per heavy atom. The lowest BCUT2D eigenvalue weighted by atomic mass is 9.99. The first-order valence-corrected chi connectivity index (χ1v) is 13.3. The zero-order chi connectivity index (χ0) is 26.8. The maximum Gasteiger partial charge on any atom is 0.228 e. The van der Waals surface area contributed by atoms with Crippen molar-refractivity contribution in [2.75, 3.05) is 43.4 Å². The topological polar surface area (TPSA) is 106 Å². The molecular weight excluding hydrogens is 497 g/mol. The van der Waals surface area contributed by atoms with Crippen LogP contribution < -0.4 is 20.3 Å². The van der Waals surface area contributed by atoms with E-state index >= 15 is 0 Å². The Balaban J connectivity index is 1.20. The van der Waals surface area contributed by atoms with Crippen LogP contribution in [0.25, 0.3) is 11.3 Å². The number of hydrogen-bond acceptors (Lipinski definition) is 9. The number of ketones is 1. The molecule has 0 radical (unpaired) electrons. The Bertz CT molecular complexity index is 1540. The van der Waals surface area contributed by atoms with Crippen LogP contribution in [0, 0.1) is 17.1 Å². The highest BCUT2D eigenvalue weighted by atomic mass is 19.1. The fourth-order valence-corrected chi connectivity index (χ4v) is 5.53. The predicted molar refractivity (Wildman–Crippen MR) is 143 cm³/mol. The van der Waals surface area contributed by atoms with Crippen LogP contribution in [-0.2, 0) is 16.9 Å². The molecule has 1 aromatic heterocycles. The number of hydrogen-bond donors (Lipinski definition) is 2. The Labute approximate surface area is 225 Å². The van der Waals surface area contributed by atoms with Gasteiger partial charge in [0.15, 0.2) is 17.2 Å². The summed E-state index contributed by atoms with van der Waals surface area (Å²) >= 11 is 0. The third-order valence-corrected chi connectivity index (χ3v) is 8.23. The SMILES string of the molecule is CN1CCN(c2ccc(OC3(C#N)CC3)c(Nc3ncc(F)c(-c4ccc5c(c4)CNC54CC4=O)n3)c2)CC1. The number of halogens is 1. The van der Waals surface area contributed by atoms with Gasteiger partial charge in [0.1, 0.15) is 23.1 Å². The lowest BCUT2D eigenvalue weighted by Crippen LogP contribution is -2.44. The monoisotopic (exact) mass is 525 g/mol. The highest BCUT2D eigenvalue weighted by molar-refractivity contribution is 6.07. The molecule has 2 N–H and O–H groups in total. The van der Waals surface area contributed by atoms with Gasteiger partial charge in [-0.05, 0) is 42.4 Å². The number of anilines is 3. The van der Waals surface area contributed by atoms with Crippen LogP contribution in [0.2, 0.25) is 0 Å². The average Bonchev–Trinajstić information content (AvgIpc) is 3.83. The van der Waals surface area contributed by atoms with Crippen LogP contribution in [-0.4, -0.2) is 59.5 Å². The van der Waals surface area contributed by atoms with Crippen LogP contribution >= 0.6 is 0 Å². The Morgan fingerprint density at radius 2 is 1.95 bits per heavy atom. The summed E-state index contributed by atoms with van der Waals surface area (Å²) in [7, 11) is 2.11. The minimum absolute atomic E-state index is 0.173. The molecule has 0 bridgehead atoms. The first-order valence-electron chi connectivity index (χ1n) is 13.3. The highest BCUT2D eigenvalue weighted by Crippen LogP contribution is 2.48. The van der Waals surface area contributed by atoms with Gasteiger partial charge in [-0.15, -0.1) is 0 Å². The van der Waals surface area contributed by atoms with Gasteiger partial charge < -0.3 is 19.9 Å². The van der Waals surface area contributed by atoms with Crippen molar-refractivity contribution >= 4 is 23.1 Å². The minimum Gasteiger partial charge on any atom is -0.470 e. The Kier molecular flexibility index (Phi) is 5.37. The van der Waals surface area contributed by atoms with E-state index in [1.165, 1.54) is 0 Å². The summed E-state index contributed by atoms with van der Waals surface area (Å²) < 4.78 is 21.1. The number of aromatic nitrogens is 2. The number of nitriles is 1. The van der Waals surface area contributed by atoms with E-state index in [9.17, 15) is 14.4 Å². The predicted octanol–water partition coefficient (Wildman–Crippen LogP) is 3.48. The average molecular weight is 526 g/mol. The molecule has 1 atom stereocenters. The number of benzene rings is 2. The van der Waals surface area contributed by atoms with Gasteiger partial charge >= 0.3 is 0 Å². The van der Waals surface area contributed by atoms with Gasteiger partial charge in [0.05, 0.1) is 11.9 Å². The maximum atomic E-state index is 15.0. The lowest BCUT2D eigenvalue weighted by molar-refractivity contribution is -0.111. The molecule has 3 heterocycles. The van der Waals surface area contributed by atoms with E-state index in [4.69, 9.17) is 4.74 Å². The molecule has 1 saturated heterocycles. The van der Waals surface area contributed by atoms with Crippen molar-refractivity contribution in [2.45, 2.75) is 36.9 Å². The number of ether oxygens (including phenoxy) is 1. The molecule has 9 nitrogen and oxygen atoms in total. The number of rotatable bonds is 6. The molecule has 3 aromatic rings. The van der Waals surface area contributed by atoms with Gasteiger partial charge in [-0.25, -0.2) is 14.4 Å². The Hall–Kier alpha value is -4.07. The summed E-state index contributed by atoms with van der Waals surface area (Å²) in [5, 5.41) is 16.1. The third kappa shape index (κ3) is 4.18. The molecule has 10 heteroatoms. The Morgan fingerprint density at radius 1 is 1.15 bits per heavy atom. The van der Waals surface area contributed by atoms with Crippen molar-refractivity contribution in [3.05, 3.63) is 59.5 Å². The lowest BCUT2D eigenvalue weighted by Gasteiger charge is -2.34. The molecule has 2 aliphatic heterocycles. The van der Waals surface area contributed by atoms with E-state index in [1.807, 2.05) is 30.3 Å². The van der Waals surface area contributed by atoms with Gasteiger partial charge in [0.25, 0.3) is 0 Å². The molecular formula is C29H28FN7O2. The van der Waals surface area contributed by atoms with Crippen molar-refractivity contribution in [3.63, 3.8) is 0 Å². The second-order valence-corrected chi connectivity index (χ2v) is 10.9. The second-order valence-electron chi connectivity index (χ2n) is 10.9. The third-order valence-electron chi connectivity index (χ3n) is 8.23.